The van der Waals surface area contributed by atoms with E-state index in [0.29, 0.717) is 5.15 Å². The summed E-state index contributed by atoms with van der Waals surface area (Å²) in [6.45, 7) is 0. The van der Waals surface area contributed by atoms with Crippen LogP contribution in [0.5, 0.6) is 0 Å². The van der Waals surface area contributed by atoms with E-state index in [2.05, 4.69) is 10.1 Å². The molecule has 0 saturated heterocycles. The molecule has 0 fully saturated rings. The lowest BCUT2D eigenvalue weighted by Crippen LogP contribution is -1.93. The third-order valence-corrected chi connectivity index (χ3v) is 2.77. The van der Waals surface area contributed by atoms with E-state index in [1.807, 2.05) is 41.2 Å². The highest BCUT2D eigenvalue weighted by molar-refractivity contribution is 6.34. The van der Waals surface area contributed by atoms with Crippen LogP contribution in [0.25, 0.3) is 16.5 Å². The number of fused-ring (bicyclic) bond motifs is 1. The number of halogens is 1. The zero-order chi connectivity index (χ0) is 11.0. The number of aromatic nitrogens is 3. The molecule has 0 unspecified atom stereocenters. The van der Waals surface area contributed by atoms with E-state index in [9.17, 15) is 0 Å². The van der Waals surface area contributed by atoms with Gasteiger partial charge in [-0.3, -0.25) is 0 Å². The quantitative estimate of drug-likeness (QED) is 0.601. The van der Waals surface area contributed by atoms with E-state index in [1.54, 1.807) is 12.4 Å². The van der Waals surface area contributed by atoms with Gasteiger partial charge < -0.3 is 0 Å². The average molecular weight is 230 g/mol. The van der Waals surface area contributed by atoms with E-state index in [-0.39, 0.29) is 0 Å². The first-order valence-electron chi connectivity index (χ1n) is 4.89. The number of pyridine rings is 1. The monoisotopic (exact) mass is 229 g/mol. The van der Waals surface area contributed by atoms with E-state index in [4.69, 9.17) is 11.6 Å². The average Bonchev–Trinajstić information content (AvgIpc) is 2.82. The standard InChI is InChI=1S/C12H8ClN3/c13-12-11-3-2-10(16-7-1-5-15-16)8-9(11)4-6-14-12/h1-8H. The second-order valence-electron chi connectivity index (χ2n) is 3.46. The summed E-state index contributed by atoms with van der Waals surface area (Å²) in [5.41, 5.74) is 1.01. The van der Waals surface area contributed by atoms with Crippen LogP contribution in [0.1, 0.15) is 0 Å². The maximum atomic E-state index is 6.00. The summed E-state index contributed by atoms with van der Waals surface area (Å²) in [6, 6.07) is 9.80. The van der Waals surface area contributed by atoms with E-state index in [1.165, 1.54) is 0 Å². The number of nitrogens with zero attached hydrogens (tertiary/aromatic N) is 3. The van der Waals surface area contributed by atoms with Crippen LogP contribution in [-0.4, -0.2) is 14.8 Å². The second-order valence-corrected chi connectivity index (χ2v) is 3.82. The van der Waals surface area contributed by atoms with Crippen molar-refractivity contribution in [2.45, 2.75) is 0 Å². The molecule has 0 atom stereocenters. The molecule has 0 saturated carbocycles. The highest BCUT2D eigenvalue weighted by atomic mass is 35.5. The van der Waals surface area contributed by atoms with Crippen LogP contribution in [0.2, 0.25) is 5.15 Å². The number of benzene rings is 1. The Labute approximate surface area is 97.3 Å². The molecule has 0 N–H and O–H groups in total. The summed E-state index contributed by atoms with van der Waals surface area (Å²) < 4.78 is 1.81. The number of hydrogen-bond donors (Lipinski definition) is 0. The highest BCUT2D eigenvalue weighted by Gasteiger charge is 2.02. The molecule has 0 bridgehead atoms. The molecule has 1 aromatic carbocycles. The normalized spacial score (nSPS) is 10.8. The molecule has 0 spiro atoms. The molecule has 0 aliphatic heterocycles. The summed E-state index contributed by atoms with van der Waals surface area (Å²) in [5.74, 6) is 0. The van der Waals surface area contributed by atoms with Crippen molar-refractivity contribution in [3.63, 3.8) is 0 Å². The lowest BCUT2D eigenvalue weighted by Gasteiger charge is -2.04. The summed E-state index contributed by atoms with van der Waals surface area (Å²) >= 11 is 6.00. The van der Waals surface area contributed by atoms with Crippen LogP contribution in [0.3, 0.4) is 0 Å². The maximum absolute atomic E-state index is 6.00. The lowest BCUT2D eigenvalue weighted by molar-refractivity contribution is 0.882. The van der Waals surface area contributed by atoms with Crippen molar-refractivity contribution in [3.05, 3.63) is 54.1 Å². The SMILES string of the molecule is Clc1nccc2cc(-n3cccn3)ccc12. The molecule has 3 aromatic rings. The summed E-state index contributed by atoms with van der Waals surface area (Å²) in [4.78, 5) is 4.04. The van der Waals surface area contributed by atoms with Crippen LogP contribution in [0.15, 0.2) is 48.9 Å². The zero-order valence-corrected chi connectivity index (χ0v) is 9.09. The third-order valence-electron chi connectivity index (χ3n) is 2.47. The molecule has 0 amide bonds. The van der Waals surface area contributed by atoms with E-state index < -0.39 is 0 Å². The van der Waals surface area contributed by atoms with Crippen LogP contribution in [-0.2, 0) is 0 Å². The predicted octanol–water partition coefficient (Wildman–Crippen LogP) is 3.07. The van der Waals surface area contributed by atoms with Gasteiger partial charge in [0.2, 0.25) is 0 Å². The Kier molecular flexibility index (Phi) is 2.11. The van der Waals surface area contributed by atoms with Crippen LogP contribution < -0.4 is 0 Å². The fourth-order valence-corrected chi connectivity index (χ4v) is 1.92. The first-order chi connectivity index (χ1) is 7.84. The molecule has 4 heteroatoms. The summed E-state index contributed by atoms with van der Waals surface area (Å²) in [7, 11) is 0. The van der Waals surface area contributed by atoms with Gasteiger partial charge in [-0.1, -0.05) is 11.6 Å². The van der Waals surface area contributed by atoms with Gasteiger partial charge in [0.1, 0.15) is 5.15 Å². The van der Waals surface area contributed by atoms with Crippen molar-refractivity contribution in [3.8, 4) is 5.69 Å². The first kappa shape index (κ1) is 9.36. The third kappa shape index (κ3) is 1.46. The smallest absolute Gasteiger partial charge is 0.136 e. The number of rotatable bonds is 1. The highest BCUT2D eigenvalue weighted by Crippen LogP contribution is 2.23. The largest absolute Gasteiger partial charge is 0.244 e. The van der Waals surface area contributed by atoms with Crippen molar-refractivity contribution in [1.29, 1.82) is 0 Å². The Morgan fingerprint density at radius 1 is 1.12 bits per heavy atom. The molecular weight excluding hydrogens is 222 g/mol. The van der Waals surface area contributed by atoms with E-state index >= 15 is 0 Å². The molecule has 16 heavy (non-hydrogen) atoms. The Morgan fingerprint density at radius 3 is 2.88 bits per heavy atom. The molecule has 3 nitrogen and oxygen atoms in total. The zero-order valence-electron chi connectivity index (χ0n) is 8.34. The van der Waals surface area contributed by atoms with E-state index in [0.717, 1.165) is 16.5 Å². The second kappa shape index (κ2) is 3.61. The topological polar surface area (TPSA) is 30.7 Å². The molecule has 78 valence electrons. The summed E-state index contributed by atoms with van der Waals surface area (Å²) in [6.07, 6.45) is 5.37. The van der Waals surface area contributed by atoms with Gasteiger partial charge in [-0.2, -0.15) is 5.10 Å². The molecule has 2 heterocycles. The van der Waals surface area contributed by atoms with Crippen molar-refractivity contribution in [2.75, 3.05) is 0 Å². The van der Waals surface area contributed by atoms with Gasteiger partial charge in [0.05, 0.1) is 5.69 Å². The molecular formula is C12H8ClN3. The maximum Gasteiger partial charge on any atom is 0.136 e. The molecule has 2 aromatic heterocycles. The number of hydrogen-bond acceptors (Lipinski definition) is 2. The summed E-state index contributed by atoms with van der Waals surface area (Å²) in [5, 5.41) is 6.74. The predicted molar refractivity (Wildman–Crippen MR) is 63.9 cm³/mol. The van der Waals surface area contributed by atoms with Gasteiger partial charge in [0.25, 0.3) is 0 Å². The van der Waals surface area contributed by atoms with Crippen molar-refractivity contribution >= 4 is 22.4 Å². The van der Waals surface area contributed by atoms with Gasteiger partial charge in [0.15, 0.2) is 0 Å². The fraction of sp³-hybridized carbons (Fsp3) is 0. The minimum Gasteiger partial charge on any atom is -0.244 e. The lowest BCUT2D eigenvalue weighted by atomic mass is 10.1. The fourth-order valence-electron chi connectivity index (χ4n) is 1.69. The van der Waals surface area contributed by atoms with Gasteiger partial charge in [0, 0.05) is 24.0 Å². The molecule has 0 aliphatic rings. The Morgan fingerprint density at radius 2 is 2.06 bits per heavy atom. The van der Waals surface area contributed by atoms with Crippen LogP contribution in [0.4, 0.5) is 0 Å². The van der Waals surface area contributed by atoms with Crippen molar-refractivity contribution in [1.82, 2.24) is 14.8 Å². The Balaban J connectivity index is 2.24. The van der Waals surface area contributed by atoms with Gasteiger partial charge in [-0.15, -0.1) is 0 Å². The Bertz CT molecular complexity index is 632. The molecule has 0 aliphatic carbocycles. The van der Waals surface area contributed by atoms with Crippen molar-refractivity contribution < 1.29 is 0 Å². The van der Waals surface area contributed by atoms with Gasteiger partial charge in [-0.05, 0) is 35.7 Å². The minimum atomic E-state index is 0.532. The minimum absolute atomic E-state index is 0.532. The molecule has 3 rings (SSSR count). The van der Waals surface area contributed by atoms with Crippen LogP contribution >= 0.6 is 11.6 Å². The van der Waals surface area contributed by atoms with Gasteiger partial charge >= 0.3 is 0 Å². The Hall–Kier alpha value is -1.87. The van der Waals surface area contributed by atoms with Crippen molar-refractivity contribution in [2.24, 2.45) is 0 Å². The van der Waals surface area contributed by atoms with Gasteiger partial charge in [-0.25, -0.2) is 9.67 Å². The molecule has 0 radical (unpaired) electrons. The van der Waals surface area contributed by atoms with Crippen LogP contribution in [0, 0.1) is 0 Å². The first-order valence-corrected chi connectivity index (χ1v) is 5.27.